The maximum atomic E-state index is 11.7. The zero-order valence-electron chi connectivity index (χ0n) is 10.2. The largest absolute Gasteiger partial charge is 0.480 e. The number of nitrogens with two attached hydrogens (primary N) is 1. The van der Waals surface area contributed by atoms with Gasteiger partial charge < -0.3 is 16.2 Å². The Bertz CT molecular complexity index is 241. The van der Waals surface area contributed by atoms with E-state index < -0.39 is 12.0 Å². The second kappa shape index (κ2) is 7.22. The van der Waals surface area contributed by atoms with Gasteiger partial charge in [0, 0.05) is 6.54 Å². The number of carboxylic acid groups (broad SMARTS) is 1. The first-order valence-corrected chi connectivity index (χ1v) is 5.65. The SMILES string of the molecule is CC[C@@H](NC(=O)C(CN)CC(C)C)C(=O)O. The van der Waals surface area contributed by atoms with Gasteiger partial charge >= 0.3 is 5.97 Å². The van der Waals surface area contributed by atoms with Crippen LogP contribution >= 0.6 is 0 Å². The molecule has 1 unspecified atom stereocenters. The number of carbonyl (C=O) groups is 2. The molecule has 2 atom stereocenters. The molecule has 0 saturated heterocycles. The van der Waals surface area contributed by atoms with Gasteiger partial charge in [0.1, 0.15) is 6.04 Å². The third-order valence-electron chi connectivity index (χ3n) is 2.43. The third-order valence-corrected chi connectivity index (χ3v) is 2.43. The Morgan fingerprint density at radius 1 is 1.38 bits per heavy atom. The molecule has 0 aromatic heterocycles. The van der Waals surface area contributed by atoms with Gasteiger partial charge in [-0.25, -0.2) is 4.79 Å². The molecule has 5 heteroatoms. The Morgan fingerprint density at radius 3 is 2.25 bits per heavy atom. The number of carbonyl (C=O) groups excluding carboxylic acids is 1. The molecular formula is C11H22N2O3. The molecular weight excluding hydrogens is 208 g/mol. The van der Waals surface area contributed by atoms with Crippen LogP contribution < -0.4 is 11.1 Å². The summed E-state index contributed by atoms with van der Waals surface area (Å²) in [5.41, 5.74) is 5.51. The van der Waals surface area contributed by atoms with Gasteiger partial charge in [0.2, 0.25) is 5.91 Å². The summed E-state index contributed by atoms with van der Waals surface area (Å²) in [6.45, 7) is 5.98. The Balaban J connectivity index is 4.34. The molecule has 5 nitrogen and oxygen atoms in total. The number of carboxylic acids is 1. The summed E-state index contributed by atoms with van der Waals surface area (Å²) in [5.74, 6) is -1.20. The van der Waals surface area contributed by atoms with Gasteiger partial charge in [-0.2, -0.15) is 0 Å². The molecule has 0 rings (SSSR count). The van der Waals surface area contributed by atoms with Crippen LogP contribution in [0.2, 0.25) is 0 Å². The van der Waals surface area contributed by atoms with E-state index in [4.69, 9.17) is 10.8 Å². The topological polar surface area (TPSA) is 92.4 Å². The first kappa shape index (κ1) is 14.9. The average molecular weight is 230 g/mol. The summed E-state index contributed by atoms with van der Waals surface area (Å²) in [7, 11) is 0. The molecule has 16 heavy (non-hydrogen) atoms. The van der Waals surface area contributed by atoms with Crippen molar-refractivity contribution in [2.45, 2.75) is 39.7 Å². The van der Waals surface area contributed by atoms with Crippen molar-refractivity contribution in [2.75, 3.05) is 6.54 Å². The summed E-state index contributed by atoms with van der Waals surface area (Å²) in [4.78, 5) is 22.5. The van der Waals surface area contributed by atoms with Crippen LogP contribution in [0.3, 0.4) is 0 Å². The predicted octanol–water partition coefficient (Wildman–Crippen LogP) is 0.587. The minimum Gasteiger partial charge on any atom is -0.480 e. The van der Waals surface area contributed by atoms with Gasteiger partial charge in [-0.1, -0.05) is 20.8 Å². The fourth-order valence-electron chi connectivity index (χ4n) is 1.51. The van der Waals surface area contributed by atoms with Crippen molar-refractivity contribution in [3.05, 3.63) is 0 Å². The summed E-state index contributed by atoms with van der Waals surface area (Å²) in [6, 6.07) is -0.811. The van der Waals surface area contributed by atoms with E-state index in [0.29, 0.717) is 18.8 Å². The number of nitrogens with one attached hydrogen (secondary N) is 1. The smallest absolute Gasteiger partial charge is 0.326 e. The van der Waals surface area contributed by atoms with Gasteiger partial charge in [-0.05, 0) is 18.8 Å². The number of hydrogen-bond acceptors (Lipinski definition) is 3. The maximum Gasteiger partial charge on any atom is 0.326 e. The van der Waals surface area contributed by atoms with E-state index in [1.807, 2.05) is 13.8 Å². The van der Waals surface area contributed by atoms with Crippen LogP contribution in [0.1, 0.15) is 33.6 Å². The van der Waals surface area contributed by atoms with Gasteiger partial charge in [0.25, 0.3) is 0 Å². The van der Waals surface area contributed by atoms with Crippen LogP contribution in [0.15, 0.2) is 0 Å². The number of rotatable bonds is 7. The van der Waals surface area contributed by atoms with Crippen molar-refractivity contribution >= 4 is 11.9 Å². The van der Waals surface area contributed by atoms with Gasteiger partial charge in [0.15, 0.2) is 0 Å². The normalized spacial score (nSPS) is 14.6. The van der Waals surface area contributed by atoms with Crippen molar-refractivity contribution in [3.8, 4) is 0 Å². The maximum absolute atomic E-state index is 11.7. The lowest BCUT2D eigenvalue weighted by molar-refractivity contribution is -0.142. The highest BCUT2D eigenvalue weighted by Gasteiger charge is 2.23. The van der Waals surface area contributed by atoms with Crippen LogP contribution in [-0.4, -0.2) is 29.6 Å². The number of aliphatic carboxylic acids is 1. The van der Waals surface area contributed by atoms with Gasteiger partial charge in [-0.3, -0.25) is 4.79 Å². The van der Waals surface area contributed by atoms with Crippen LogP contribution in [0.25, 0.3) is 0 Å². The van der Waals surface area contributed by atoms with E-state index in [9.17, 15) is 9.59 Å². The monoisotopic (exact) mass is 230 g/mol. The van der Waals surface area contributed by atoms with Crippen LogP contribution in [0, 0.1) is 11.8 Å². The van der Waals surface area contributed by atoms with Crippen molar-refractivity contribution in [1.82, 2.24) is 5.32 Å². The fourth-order valence-corrected chi connectivity index (χ4v) is 1.51. The predicted molar refractivity (Wildman–Crippen MR) is 61.9 cm³/mol. The second-order valence-corrected chi connectivity index (χ2v) is 4.37. The minimum atomic E-state index is -1.00. The highest BCUT2D eigenvalue weighted by Crippen LogP contribution is 2.11. The molecule has 0 bridgehead atoms. The Kier molecular flexibility index (Phi) is 6.72. The van der Waals surface area contributed by atoms with Crippen LogP contribution in [0.5, 0.6) is 0 Å². The lowest BCUT2D eigenvalue weighted by Crippen LogP contribution is -2.45. The first-order chi connectivity index (χ1) is 7.42. The number of amides is 1. The molecule has 0 heterocycles. The van der Waals surface area contributed by atoms with E-state index in [1.54, 1.807) is 6.92 Å². The molecule has 0 saturated carbocycles. The highest BCUT2D eigenvalue weighted by atomic mass is 16.4. The van der Waals surface area contributed by atoms with Gasteiger partial charge in [-0.15, -0.1) is 0 Å². The quantitative estimate of drug-likeness (QED) is 0.596. The zero-order chi connectivity index (χ0) is 12.7. The van der Waals surface area contributed by atoms with Crippen molar-refractivity contribution < 1.29 is 14.7 Å². The minimum absolute atomic E-state index is 0.250. The summed E-state index contributed by atoms with van der Waals surface area (Å²) in [6.07, 6.45) is 1.05. The Labute approximate surface area is 96.4 Å². The Hall–Kier alpha value is -1.10. The standard InChI is InChI=1S/C11H22N2O3/c1-4-9(11(15)16)13-10(14)8(6-12)5-7(2)3/h7-9H,4-6,12H2,1-3H3,(H,13,14)(H,15,16)/t8?,9-/m1/s1. The molecule has 0 aliphatic heterocycles. The molecule has 1 amide bonds. The lowest BCUT2D eigenvalue weighted by atomic mass is 9.96. The summed E-state index contributed by atoms with van der Waals surface area (Å²) < 4.78 is 0. The van der Waals surface area contributed by atoms with Crippen molar-refractivity contribution in [3.63, 3.8) is 0 Å². The molecule has 0 aliphatic carbocycles. The summed E-state index contributed by atoms with van der Waals surface area (Å²) >= 11 is 0. The van der Waals surface area contributed by atoms with Gasteiger partial charge in [0.05, 0.1) is 5.92 Å². The molecule has 94 valence electrons. The van der Waals surface area contributed by atoms with E-state index in [2.05, 4.69) is 5.32 Å². The molecule has 0 aliphatic rings. The molecule has 0 fully saturated rings. The Morgan fingerprint density at radius 2 is 1.94 bits per heavy atom. The highest BCUT2D eigenvalue weighted by molar-refractivity contribution is 5.85. The van der Waals surface area contributed by atoms with E-state index >= 15 is 0 Å². The fraction of sp³-hybridized carbons (Fsp3) is 0.818. The van der Waals surface area contributed by atoms with Crippen molar-refractivity contribution in [2.24, 2.45) is 17.6 Å². The molecule has 0 radical (unpaired) electrons. The van der Waals surface area contributed by atoms with E-state index in [-0.39, 0.29) is 18.4 Å². The van der Waals surface area contributed by atoms with Crippen molar-refractivity contribution in [1.29, 1.82) is 0 Å². The van der Waals surface area contributed by atoms with Crippen LogP contribution in [0.4, 0.5) is 0 Å². The van der Waals surface area contributed by atoms with E-state index in [1.165, 1.54) is 0 Å². The second-order valence-electron chi connectivity index (χ2n) is 4.37. The van der Waals surface area contributed by atoms with E-state index in [0.717, 1.165) is 0 Å². The zero-order valence-corrected chi connectivity index (χ0v) is 10.2. The first-order valence-electron chi connectivity index (χ1n) is 5.65. The molecule has 0 aromatic carbocycles. The average Bonchev–Trinajstić information content (AvgIpc) is 2.21. The molecule has 0 spiro atoms. The van der Waals surface area contributed by atoms with Crippen LogP contribution in [-0.2, 0) is 9.59 Å². The molecule has 4 N–H and O–H groups in total. The molecule has 0 aromatic rings. The summed E-state index contributed by atoms with van der Waals surface area (Å²) in [5, 5.41) is 11.3. The lowest BCUT2D eigenvalue weighted by Gasteiger charge is -2.19. The third kappa shape index (κ3) is 5.11. The number of hydrogen-bond donors (Lipinski definition) is 3.